The molecule has 0 saturated heterocycles. The number of ketones is 1. The van der Waals surface area contributed by atoms with Crippen LogP contribution in [0.1, 0.15) is 28.3 Å². The van der Waals surface area contributed by atoms with Crippen molar-refractivity contribution in [3.8, 4) is 5.75 Å². The molecule has 5 nitrogen and oxygen atoms in total. The van der Waals surface area contributed by atoms with Gasteiger partial charge >= 0.3 is 5.97 Å². The minimum Gasteiger partial charge on any atom is -0.465 e. The Morgan fingerprint density at radius 3 is 2.42 bits per heavy atom. The molecule has 0 amide bonds. The molecule has 7 heteroatoms. The van der Waals surface area contributed by atoms with Crippen molar-refractivity contribution >= 4 is 43.6 Å². The van der Waals surface area contributed by atoms with Crippen LogP contribution in [0.25, 0.3) is 0 Å². The second kappa shape index (κ2) is 7.63. The van der Waals surface area contributed by atoms with Crippen LogP contribution in [0.15, 0.2) is 62.9 Å². The third kappa shape index (κ3) is 3.68. The number of carbonyl (C=O) groups excluding carboxylic acids is 2. The molecular weight excluding hydrogens is 466 g/mol. The van der Waals surface area contributed by atoms with E-state index in [1.807, 2.05) is 12.1 Å². The van der Waals surface area contributed by atoms with Crippen molar-refractivity contribution in [2.45, 2.75) is 12.3 Å². The number of benzene rings is 2. The van der Waals surface area contributed by atoms with Crippen LogP contribution in [-0.2, 0) is 9.53 Å². The van der Waals surface area contributed by atoms with Crippen molar-refractivity contribution in [3.63, 3.8) is 0 Å². The van der Waals surface area contributed by atoms with Crippen molar-refractivity contribution in [3.05, 3.63) is 74.0 Å². The van der Waals surface area contributed by atoms with E-state index in [1.54, 1.807) is 30.3 Å². The zero-order chi connectivity index (χ0) is 18.8. The molecule has 134 valence electrons. The quantitative estimate of drug-likeness (QED) is 0.521. The molecular formula is C19H15Br2NO4. The summed E-state index contributed by atoms with van der Waals surface area (Å²) in [5, 5.41) is 0. The molecule has 1 atom stereocenters. The number of carbonyl (C=O) groups is 2. The van der Waals surface area contributed by atoms with Crippen LogP contribution in [0, 0.1) is 0 Å². The van der Waals surface area contributed by atoms with Gasteiger partial charge < -0.3 is 15.2 Å². The van der Waals surface area contributed by atoms with Gasteiger partial charge in [-0.05, 0) is 30.3 Å². The molecule has 0 spiro atoms. The Bertz CT molecular complexity index is 906. The molecule has 0 aliphatic carbocycles. The molecule has 1 aliphatic rings. The predicted octanol–water partition coefficient (Wildman–Crippen LogP) is 4.30. The maximum Gasteiger partial charge on any atom is 0.339 e. The zero-order valence-electron chi connectivity index (χ0n) is 13.8. The van der Waals surface area contributed by atoms with Gasteiger partial charge in [-0.3, -0.25) is 4.79 Å². The lowest BCUT2D eigenvalue weighted by atomic mass is 9.83. The van der Waals surface area contributed by atoms with Crippen LogP contribution < -0.4 is 10.5 Å². The highest BCUT2D eigenvalue weighted by atomic mass is 79.9. The largest absolute Gasteiger partial charge is 0.465 e. The monoisotopic (exact) mass is 479 g/mol. The highest BCUT2D eigenvalue weighted by Crippen LogP contribution is 2.42. The van der Waals surface area contributed by atoms with E-state index in [2.05, 4.69) is 31.9 Å². The fraction of sp³-hybridized carbons (Fsp3) is 0.158. The van der Waals surface area contributed by atoms with Crippen LogP contribution in [0.2, 0.25) is 0 Å². The highest BCUT2D eigenvalue weighted by molar-refractivity contribution is 9.10. The number of methoxy groups -OCH3 is 1. The summed E-state index contributed by atoms with van der Waals surface area (Å²) in [5.74, 6) is -0.793. The fourth-order valence-corrected chi connectivity index (χ4v) is 3.53. The van der Waals surface area contributed by atoms with E-state index < -0.39 is 11.9 Å². The lowest BCUT2D eigenvalue weighted by Crippen LogP contribution is -2.27. The normalized spacial score (nSPS) is 15.9. The van der Waals surface area contributed by atoms with Crippen molar-refractivity contribution < 1.29 is 19.1 Å². The highest BCUT2D eigenvalue weighted by Gasteiger charge is 2.35. The maximum atomic E-state index is 12.8. The molecule has 0 aromatic heterocycles. The average molecular weight is 481 g/mol. The second-order valence-electron chi connectivity index (χ2n) is 5.74. The number of Topliss-reactive ketones (excluding diaryl/α,β-unsaturated/α-hetero) is 1. The minimum absolute atomic E-state index is 0.0414. The van der Waals surface area contributed by atoms with Gasteiger partial charge in [0, 0.05) is 32.4 Å². The molecule has 0 bridgehead atoms. The Labute approximate surface area is 167 Å². The van der Waals surface area contributed by atoms with Gasteiger partial charge in [0.25, 0.3) is 0 Å². The molecule has 0 fully saturated rings. The Kier molecular flexibility index (Phi) is 5.48. The molecule has 3 rings (SSSR count). The maximum absolute atomic E-state index is 12.8. The number of nitrogens with two attached hydrogens (primary N) is 1. The summed E-state index contributed by atoms with van der Waals surface area (Å²) in [5.41, 5.74) is 7.38. The number of halogens is 2. The van der Waals surface area contributed by atoms with E-state index >= 15 is 0 Å². The zero-order valence-corrected chi connectivity index (χ0v) is 17.0. The summed E-state index contributed by atoms with van der Waals surface area (Å²) in [6, 6.07) is 12.4. The Morgan fingerprint density at radius 1 is 1.12 bits per heavy atom. The number of esters is 1. The lowest BCUT2D eigenvalue weighted by Gasteiger charge is -2.27. The number of hydrogen-bond acceptors (Lipinski definition) is 5. The first kappa shape index (κ1) is 18.7. The standard InChI is InChI=1S/C19H15Br2NO4/c1-25-19(24)17-14(9-15(23)10-2-4-11(20)5-3-10)13-8-12(21)6-7-16(13)26-18(17)22/h2-8,14H,9,22H2,1H3. The Morgan fingerprint density at radius 2 is 1.77 bits per heavy atom. The van der Waals surface area contributed by atoms with Crippen LogP contribution >= 0.6 is 31.9 Å². The smallest absolute Gasteiger partial charge is 0.339 e. The molecule has 1 heterocycles. The molecule has 2 aromatic rings. The first-order valence-electron chi connectivity index (χ1n) is 7.74. The van der Waals surface area contributed by atoms with Gasteiger partial charge in [0.05, 0.1) is 7.11 Å². The van der Waals surface area contributed by atoms with E-state index in [-0.39, 0.29) is 23.7 Å². The van der Waals surface area contributed by atoms with Crippen LogP contribution in [0.3, 0.4) is 0 Å². The molecule has 1 unspecified atom stereocenters. The number of ether oxygens (including phenoxy) is 2. The first-order valence-corrected chi connectivity index (χ1v) is 9.33. The molecule has 0 radical (unpaired) electrons. The van der Waals surface area contributed by atoms with Crippen molar-refractivity contribution in [2.75, 3.05) is 7.11 Å². The average Bonchev–Trinajstić information content (AvgIpc) is 2.62. The van der Waals surface area contributed by atoms with Gasteiger partial charge in [0.15, 0.2) is 5.78 Å². The summed E-state index contributed by atoms with van der Waals surface area (Å²) in [6.45, 7) is 0. The van der Waals surface area contributed by atoms with Crippen LogP contribution in [0.4, 0.5) is 0 Å². The predicted molar refractivity (Wildman–Crippen MR) is 104 cm³/mol. The lowest BCUT2D eigenvalue weighted by molar-refractivity contribution is -0.136. The summed E-state index contributed by atoms with van der Waals surface area (Å²) in [6.07, 6.45) is 0.0690. The summed E-state index contributed by atoms with van der Waals surface area (Å²) >= 11 is 6.77. The third-order valence-corrected chi connectivity index (χ3v) is 5.16. The topological polar surface area (TPSA) is 78.6 Å². The number of rotatable bonds is 4. The van der Waals surface area contributed by atoms with E-state index in [0.717, 1.165) is 8.95 Å². The fourth-order valence-electron chi connectivity index (χ4n) is 2.89. The first-order chi connectivity index (χ1) is 12.4. The third-order valence-electron chi connectivity index (χ3n) is 4.14. The van der Waals surface area contributed by atoms with Gasteiger partial charge in [0.2, 0.25) is 5.88 Å². The van der Waals surface area contributed by atoms with Gasteiger partial charge in [-0.1, -0.05) is 44.0 Å². The van der Waals surface area contributed by atoms with Gasteiger partial charge in [-0.25, -0.2) is 4.79 Å². The summed E-state index contributed by atoms with van der Waals surface area (Å²) in [7, 11) is 1.27. The van der Waals surface area contributed by atoms with Crippen LogP contribution in [-0.4, -0.2) is 18.9 Å². The number of fused-ring (bicyclic) bond motifs is 1. The SMILES string of the molecule is COC(=O)C1=C(N)Oc2ccc(Br)cc2C1CC(=O)c1ccc(Br)cc1. The molecule has 0 saturated carbocycles. The molecule has 26 heavy (non-hydrogen) atoms. The molecule has 2 N–H and O–H groups in total. The second-order valence-corrected chi connectivity index (χ2v) is 7.57. The summed E-state index contributed by atoms with van der Waals surface area (Å²) in [4.78, 5) is 25.1. The van der Waals surface area contributed by atoms with E-state index in [4.69, 9.17) is 15.2 Å². The number of hydrogen-bond donors (Lipinski definition) is 1. The van der Waals surface area contributed by atoms with Crippen molar-refractivity contribution in [1.82, 2.24) is 0 Å². The van der Waals surface area contributed by atoms with Gasteiger partial charge in [0.1, 0.15) is 11.3 Å². The minimum atomic E-state index is -0.610. The van der Waals surface area contributed by atoms with Gasteiger partial charge in [-0.2, -0.15) is 0 Å². The molecule has 1 aliphatic heterocycles. The Hall–Kier alpha value is -2.12. The molecule has 2 aromatic carbocycles. The van der Waals surface area contributed by atoms with Gasteiger partial charge in [-0.15, -0.1) is 0 Å². The van der Waals surface area contributed by atoms with E-state index in [9.17, 15) is 9.59 Å². The van der Waals surface area contributed by atoms with Crippen molar-refractivity contribution in [1.29, 1.82) is 0 Å². The Balaban J connectivity index is 2.02. The van der Waals surface area contributed by atoms with E-state index in [0.29, 0.717) is 16.9 Å². The van der Waals surface area contributed by atoms with Crippen LogP contribution in [0.5, 0.6) is 5.75 Å². The van der Waals surface area contributed by atoms with E-state index in [1.165, 1.54) is 7.11 Å². The summed E-state index contributed by atoms with van der Waals surface area (Å²) < 4.78 is 12.1. The van der Waals surface area contributed by atoms with Crippen molar-refractivity contribution in [2.24, 2.45) is 5.73 Å².